The van der Waals surface area contributed by atoms with Crippen LogP contribution >= 0.6 is 0 Å². The third kappa shape index (κ3) is 3.80. The molecule has 0 saturated carbocycles. The first-order valence-corrected chi connectivity index (χ1v) is 7.90. The summed E-state index contributed by atoms with van der Waals surface area (Å²) < 4.78 is 5.14. The van der Waals surface area contributed by atoms with Gasteiger partial charge in [0, 0.05) is 17.3 Å². The normalized spacial score (nSPS) is 10.1. The molecule has 0 radical (unpaired) electrons. The van der Waals surface area contributed by atoms with Gasteiger partial charge in [-0.25, -0.2) is 9.78 Å². The number of ether oxygens (including phenoxy) is 1. The van der Waals surface area contributed by atoms with Crippen LogP contribution in [-0.2, 0) is 0 Å². The molecule has 3 N–H and O–H groups in total. The van der Waals surface area contributed by atoms with Gasteiger partial charge in [-0.1, -0.05) is 0 Å². The first-order valence-electron chi connectivity index (χ1n) is 7.90. The Balaban J connectivity index is 1.95. The summed E-state index contributed by atoms with van der Waals surface area (Å²) >= 11 is 0. The fourth-order valence-corrected chi connectivity index (χ4v) is 2.49. The van der Waals surface area contributed by atoms with Gasteiger partial charge in [0.25, 0.3) is 0 Å². The molecule has 1 aromatic heterocycles. The highest BCUT2D eigenvalue weighted by Gasteiger charge is 2.12. The Morgan fingerprint density at radius 1 is 1.15 bits per heavy atom. The number of hydrogen-bond donors (Lipinski definition) is 3. The van der Waals surface area contributed by atoms with Gasteiger partial charge in [-0.05, 0) is 48.5 Å². The van der Waals surface area contributed by atoms with Crippen molar-refractivity contribution >= 4 is 17.5 Å². The van der Waals surface area contributed by atoms with E-state index >= 15 is 0 Å². The molecule has 3 rings (SSSR count). The zero-order valence-electron chi connectivity index (χ0n) is 14.3. The van der Waals surface area contributed by atoms with Crippen LogP contribution in [0.1, 0.15) is 15.9 Å². The average Bonchev–Trinajstić information content (AvgIpc) is 2.68. The van der Waals surface area contributed by atoms with Crippen molar-refractivity contribution in [3.05, 3.63) is 65.7 Å². The highest BCUT2D eigenvalue weighted by molar-refractivity contribution is 5.91. The molecule has 0 unspecified atom stereocenters. The van der Waals surface area contributed by atoms with E-state index in [0.29, 0.717) is 22.8 Å². The van der Waals surface area contributed by atoms with Crippen molar-refractivity contribution in [2.45, 2.75) is 0 Å². The molecule has 0 spiro atoms. The second-order valence-electron chi connectivity index (χ2n) is 5.60. The minimum absolute atomic E-state index is 0.207. The molecule has 0 bridgehead atoms. The zero-order valence-corrected chi connectivity index (χ0v) is 14.3. The highest BCUT2D eigenvalue weighted by Crippen LogP contribution is 2.28. The Kier molecular flexibility index (Phi) is 4.90. The Morgan fingerprint density at radius 2 is 1.89 bits per heavy atom. The number of carboxylic acid groups (broad SMARTS) is 1. The number of nitriles is 1. The quantitative estimate of drug-likeness (QED) is 0.633. The third-order valence-corrected chi connectivity index (χ3v) is 3.89. The molecule has 1 heterocycles. The average molecular weight is 361 g/mol. The van der Waals surface area contributed by atoms with Gasteiger partial charge in [0.05, 0.1) is 18.4 Å². The summed E-state index contributed by atoms with van der Waals surface area (Å²) in [5, 5.41) is 31.1. The van der Waals surface area contributed by atoms with Crippen LogP contribution in [0.5, 0.6) is 11.5 Å². The van der Waals surface area contributed by atoms with Crippen LogP contribution < -0.4 is 10.1 Å². The summed E-state index contributed by atoms with van der Waals surface area (Å²) in [7, 11) is 1.59. The summed E-state index contributed by atoms with van der Waals surface area (Å²) in [6, 6.07) is 16.8. The van der Waals surface area contributed by atoms with Crippen LogP contribution in [0.15, 0.2) is 54.6 Å². The molecule has 2 aromatic carbocycles. The van der Waals surface area contributed by atoms with E-state index in [1.165, 1.54) is 18.2 Å². The van der Waals surface area contributed by atoms with Crippen molar-refractivity contribution in [1.29, 1.82) is 5.26 Å². The SMILES string of the molecule is COc1ccc(-c2ccc(C#N)c(Nc3ccc(C(=O)O)c(O)c3)n2)cc1. The Morgan fingerprint density at radius 3 is 2.48 bits per heavy atom. The number of anilines is 2. The Bertz CT molecular complexity index is 1040. The third-order valence-electron chi connectivity index (χ3n) is 3.89. The predicted molar refractivity (Wildman–Crippen MR) is 99.3 cm³/mol. The molecule has 7 nitrogen and oxygen atoms in total. The van der Waals surface area contributed by atoms with Crippen LogP contribution in [0.3, 0.4) is 0 Å². The van der Waals surface area contributed by atoms with Gasteiger partial charge in [-0.15, -0.1) is 0 Å². The van der Waals surface area contributed by atoms with Gasteiger partial charge in [-0.3, -0.25) is 0 Å². The number of pyridine rings is 1. The zero-order chi connectivity index (χ0) is 19.4. The van der Waals surface area contributed by atoms with Gasteiger partial charge in [0.15, 0.2) is 0 Å². The van der Waals surface area contributed by atoms with Crippen LogP contribution in [0.25, 0.3) is 11.3 Å². The van der Waals surface area contributed by atoms with Gasteiger partial charge < -0.3 is 20.3 Å². The fraction of sp³-hybridized carbons (Fsp3) is 0.0500. The molecule has 27 heavy (non-hydrogen) atoms. The minimum atomic E-state index is -1.23. The van der Waals surface area contributed by atoms with Crippen molar-refractivity contribution in [3.8, 4) is 28.8 Å². The summed E-state index contributed by atoms with van der Waals surface area (Å²) in [4.78, 5) is 15.5. The smallest absolute Gasteiger partial charge is 0.339 e. The van der Waals surface area contributed by atoms with E-state index in [1.54, 1.807) is 19.2 Å². The summed E-state index contributed by atoms with van der Waals surface area (Å²) in [6.45, 7) is 0. The topological polar surface area (TPSA) is 115 Å². The van der Waals surface area contributed by atoms with Gasteiger partial charge in [-0.2, -0.15) is 5.26 Å². The van der Waals surface area contributed by atoms with Crippen molar-refractivity contribution in [3.63, 3.8) is 0 Å². The maximum absolute atomic E-state index is 11.0. The van der Waals surface area contributed by atoms with Crippen molar-refractivity contribution in [2.75, 3.05) is 12.4 Å². The van der Waals surface area contributed by atoms with E-state index in [-0.39, 0.29) is 11.3 Å². The first-order chi connectivity index (χ1) is 13.0. The number of aromatic carboxylic acids is 1. The Labute approximate surface area is 155 Å². The molecule has 0 atom stereocenters. The van der Waals surface area contributed by atoms with Gasteiger partial charge >= 0.3 is 5.97 Å². The minimum Gasteiger partial charge on any atom is -0.507 e. The summed E-state index contributed by atoms with van der Waals surface area (Å²) in [5.74, 6) is -0.582. The van der Waals surface area contributed by atoms with E-state index < -0.39 is 5.97 Å². The van der Waals surface area contributed by atoms with E-state index in [1.807, 2.05) is 24.3 Å². The molecule has 0 aliphatic heterocycles. The molecule has 0 amide bonds. The molecule has 0 saturated heterocycles. The molecule has 0 aliphatic carbocycles. The monoisotopic (exact) mass is 361 g/mol. The van der Waals surface area contributed by atoms with Crippen molar-refractivity contribution < 1.29 is 19.7 Å². The van der Waals surface area contributed by atoms with Crippen LogP contribution in [0.2, 0.25) is 0 Å². The molecule has 3 aromatic rings. The van der Waals surface area contributed by atoms with E-state index in [9.17, 15) is 15.2 Å². The van der Waals surface area contributed by atoms with Crippen LogP contribution in [-0.4, -0.2) is 28.3 Å². The van der Waals surface area contributed by atoms with Crippen LogP contribution in [0.4, 0.5) is 11.5 Å². The number of aromatic hydroxyl groups is 1. The second kappa shape index (κ2) is 7.45. The molecule has 7 heteroatoms. The maximum Gasteiger partial charge on any atom is 0.339 e. The number of rotatable bonds is 5. The predicted octanol–water partition coefficient (Wildman–Crippen LogP) is 3.78. The molecular formula is C20H15N3O4. The highest BCUT2D eigenvalue weighted by atomic mass is 16.5. The number of hydrogen-bond acceptors (Lipinski definition) is 6. The van der Waals surface area contributed by atoms with Gasteiger partial charge in [0.2, 0.25) is 0 Å². The number of benzene rings is 2. The standard InChI is InChI=1S/C20H15N3O4/c1-27-15-6-2-12(3-7-15)17-9-4-13(11-21)19(23-17)22-14-5-8-16(20(25)26)18(24)10-14/h2-10,24H,1H3,(H,22,23)(H,25,26). The number of nitrogens with one attached hydrogen (secondary N) is 1. The number of carbonyl (C=O) groups is 1. The number of nitrogens with zero attached hydrogens (tertiary/aromatic N) is 2. The molecule has 134 valence electrons. The number of methoxy groups -OCH3 is 1. The number of aromatic nitrogens is 1. The summed E-state index contributed by atoms with van der Waals surface area (Å²) in [6.07, 6.45) is 0. The second-order valence-corrected chi connectivity index (χ2v) is 5.60. The lowest BCUT2D eigenvalue weighted by molar-refractivity contribution is 0.0694. The fourth-order valence-electron chi connectivity index (χ4n) is 2.49. The molecular weight excluding hydrogens is 346 g/mol. The molecule has 0 fully saturated rings. The van der Waals surface area contributed by atoms with E-state index in [0.717, 1.165) is 11.3 Å². The van der Waals surface area contributed by atoms with Crippen molar-refractivity contribution in [1.82, 2.24) is 4.98 Å². The van der Waals surface area contributed by atoms with E-state index in [2.05, 4.69) is 16.4 Å². The lowest BCUT2D eigenvalue weighted by atomic mass is 10.1. The summed E-state index contributed by atoms with van der Waals surface area (Å²) in [5.41, 5.74) is 2.00. The molecule has 0 aliphatic rings. The van der Waals surface area contributed by atoms with Crippen LogP contribution in [0, 0.1) is 11.3 Å². The largest absolute Gasteiger partial charge is 0.507 e. The first kappa shape index (κ1) is 17.8. The van der Waals surface area contributed by atoms with E-state index in [4.69, 9.17) is 9.84 Å². The number of carboxylic acids is 1. The number of phenols is 1. The lowest BCUT2D eigenvalue weighted by Crippen LogP contribution is -2.01. The Hall–Kier alpha value is -4.05. The lowest BCUT2D eigenvalue weighted by Gasteiger charge is -2.11. The van der Waals surface area contributed by atoms with Gasteiger partial charge in [0.1, 0.15) is 28.9 Å². The maximum atomic E-state index is 11.0. The van der Waals surface area contributed by atoms with Crippen molar-refractivity contribution in [2.24, 2.45) is 0 Å².